The highest BCUT2D eigenvalue weighted by Crippen LogP contribution is 2.26. The number of nitrogens with one attached hydrogen (secondary N) is 1. The van der Waals surface area contributed by atoms with Crippen molar-refractivity contribution < 1.29 is 9.59 Å². The van der Waals surface area contributed by atoms with E-state index in [2.05, 4.69) is 5.32 Å². The molecule has 118 valence electrons. The minimum absolute atomic E-state index is 0.00194. The van der Waals surface area contributed by atoms with Gasteiger partial charge in [0, 0.05) is 24.3 Å². The molecule has 4 nitrogen and oxygen atoms in total. The average Bonchev–Trinajstić information content (AvgIpc) is 2.92. The van der Waals surface area contributed by atoms with E-state index in [0.29, 0.717) is 6.54 Å². The summed E-state index contributed by atoms with van der Waals surface area (Å²) in [6, 6.07) is 15.5. The third-order valence-corrected chi connectivity index (χ3v) is 4.16. The molecule has 1 N–H and O–H groups in total. The SMILES string of the molecule is Cc1ccc(NC(=O)[C@H]2CC(=O)N(c3ccc(C)cc3)C2)cc1. The predicted molar refractivity (Wildman–Crippen MR) is 91.4 cm³/mol. The summed E-state index contributed by atoms with van der Waals surface area (Å²) in [4.78, 5) is 26.3. The summed E-state index contributed by atoms with van der Waals surface area (Å²) in [6.45, 7) is 4.44. The second kappa shape index (κ2) is 6.24. The highest BCUT2D eigenvalue weighted by atomic mass is 16.2. The molecule has 4 heteroatoms. The van der Waals surface area contributed by atoms with Crippen LogP contribution in [0.2, 0.25) is 0 Å². The van der Waals surface area contributed by atoms with E-state index >= 15 is 0 Å². The number of amides is 2. The third kappa shape index (κ3) is 3.42. The van der Waals surface area contributed by atoms with Crippen LogP contribution in [0.15, 0.2) is 48.5 Å². The maximum Gasteiger partial charge on any atom is 0.229 e. The van der Waals surface area contributed by atoms with Crippen LogP contribution in [0.25, 0.3) is 0 Å². The lowest BCUT2D eigenvalue weighted by atomic mass is 10.1. The number of nitrogens with zero attached hydrogens (tertiary/aromatic N) is 1. The fourth-order valence-electron chi connectivity index (χ4n) is 2.74. The van der Waals surface area contributed by atoms with Crippen molar-refractivity contribution in [2.45, 2.75) is 20.3 Å². The second-order valence-electron chi connectivity index (χ2n) is 6.10. The van der Waals surface area contributed by atoms with Gasteiger partial charge in [0.05, 0.1) is 5.92 Å². The molecule has 2 aromatic carbocycles. The van der Waals surface area contributed by atoms with Crippen LogP contribution >= 0.6 is 0 Å². The van der Waals surface area contributed by atoms with Crippen molar-refractivity contribution in [3.63, 3.8) is 0 Å². The third-order valence-electron chi connectivity index (χ3n) is 4.16. The normalized spacial score (nSPS) is 17.4. The van der Waals surface area contributed by atoms with Crippen molar-refractivity contribution in [1.82, 2.24) is 0 Å². The number of anilines is 2. The maximum atomic E-state index is 12.4. The summed E-state index contributed by atoms with van der Waals surface area (Å²) in [6.07, 6.45) is 0.256. The molecule has 1 fully saturated rings. The molecule has 1 atom stereocenters. The van der Waals surface area contributed by atoms with Crippen molar-refractivity contribution in [3.05, 3.63) is 59.7 Å². The molecule has 1 aliphatic heterocycles. The lowest BCUT2D eigenvalue weighted by Gasteiger charge is -2.17. The Morgan fingerprint density at radius 1 is 1.00 bits per heavy atom. The maximum absolute atomic E-state index is 12.4. The van der Waals surface area contributed by atoms with E-state index in [1.165, 1.54) is 0 Å². The molecule has 0 saturated carbocycles. The Morgan fingerprint density at radius 2 is 1.57 bits per heavy atom. The lowest BCUT2D eigenvalue weighted by molar-refractivity contribution is -0.122. The Kier molecular flexibility index (Phi) is 4.15. The van der Waals surface area contributed by atoms with Gasteiger partial charge in [-0.25, -0.2) is 0 Å². The zero-order chi connectivity index (χ0) is 16.4. The van der Waals surface area contributed by atoms with Gasteiger partial charge < -0.3 is 10.2 Å². The van der Waals surface area contributed by atoms with E-state index in [1.54, 1.807) is 4.90 Å². The van der Waals surface area contributed by atoms with Gasteiger partial charge in [0.25, 0.3) is 0 Å². The Morgan fingerprint density at radius 3 is 2.17 bits per heavy atom. The number of hydrogen-bond donors (Lipinski definition) is 1. The van der Waals surface area contributed by atoms with E-state index in [9.17, 15) is 9.59 Å². The molecule has 0 radical (unpaired) electrons. The number of aryl methyl sites for hydroxylation is 2. The van der Waals surface area contributed by atoms with Gasteiger partial charge in [0.1, 0.15) is 0 Å². The summed E-state index contributed by atoms with van der Waals surface area (Å²) < 4.78 is 0. The van der Waals surface area contributed by atoms with Gasteiger partial charge in [-0.2, -0.15) is 0 Å². The van der Waals surface area contributed by atoms with Crippen LogP contribution in [-0.2, 0) is 9.59 Å². The highest BCUT2D eigenvalue weighted by molar-refractivity contribution is 6.03. The molecule has 0 spiro atoms. The van der Waals surface area contributed by atoms with Gasteiger partial charge in [-0.3, -0.25) is 9.59 Å². The molecule has 0 bridgehead atoms. The average molecular weight is 308 g/mol. The van der Waals surface area contributed by atoms with Gasteiger partial charge in [0.2, 0.25) is 11.8 Å². The predicted octanol–water partition coefficient (Wildman–Crippen LogP) is 3.30. The van der Waals surface area contributed by atoms with E-state index in [1.807, 2.05) is 62.4 Å². The van der Waals surface area contributed by atoms with Crippen LogP contribution in [0, 0.1) is 19.8 Å². The summed E-state index contributed by atoms with van der Waals surface area (Å²) in [5, 5.41) is 2.89. The van der Waals surface area contributed by atoms with E-state index in [0.717, 1.165) is 22.5 Å². The van der Waals surface area contributed by atoms with Crippen LogP contribution in [0.1, 0.15) is 17.5 Å². The Hall–Kier alpha value is -2.62. The summed E-state index contributed by atoms with van der Waals surface area (Å²) >= 11 is 0. The first-order valence-corrected chi connectivity index (χ1v) is 7.77. The van der Waals surface area contributed by atoms with E-state index in [4.69, 9.17) is 0 Å². The summed E-state index contributed by atoms with van der Waals surface area (Å²) in [7, 11) is 0. The van der Waals surface area contributed by atoms with Crippen molar-refractivity contribution >= 4 is 23.2 Å². The molecular weight excluding hydrogens is 288 g/mol. The molecule has 1 aliphatic rings. The monoisotopic (exact) mass is 308 g/mol. The number of rotatable bonds is 3. The van der Waals surface area contributed by atoms with Crippen LogP contribution < -0.4 is 10.2 Å². The van der Waals surface area contributed by atoms with Gasteiger partial charge in [-0.1, -0.05) is 35.4 Å². The summed E-state index contributed by atoms with van der Waals surface area (Å²) in [5.74, 6) is -0.417. The number of carbonyl (C=O) groups is 2. The van der Waals surface area contributed by atoms with E-state index < -0.39 is 0 Å². The molecule has 0 unspecified atom stereocenters. The largest absolute Gasteiger partial charge is 0.326 e. The molecule has 1 saturated heterocycles. The molecular formula is C19H20N2O2. The quantitative estimate of drug-likeness (QED) is 0.946. The van der Waals surface area contributed by atoms with Crippen molar-refractivity contribution in [2.75, 3.05) is 16.8 Å². The summed E-state index contributed by atoms with van der Waals surface area (Å²) in [5.41, 5.74) is 3.91. The molecule has 0 aliphatic carbocycles. The number of hydrogen-bond acceptors (Lipinski definition) is 2. The zero-order valence-electron chi connectivity index (χ0n) is 13.4. The lowest BCUT2D eigenvalue weighted by Crippen LogP contribution is -2.28. The van der Waals surface area contributed by atoms with Crippen molar-refractivity contribution in [2.24, 2.45) is 5.92 Å². The van der Waals surface area contributed by atoms with Gasteiger partial charge >= 0.3 is 0 Å². The molecule has 1 heterocycles. The van der Waals surface area contributed by atoms with Crippen molar-refractivity contribution in [3.8, 4) is 0 Å². The van der Waals surface area contributed by atoms with E-state index in [-0.39, 0.29) is 24.2 Å². The molecule has 3 rings (SSSR count). The Labute approximate surface area is 136 Å². The first kappa shape index (κ1) is 15.3. The first-order chi connectivity index (χ1) is 11.0. The topological polar surface area (TPSA) is 49.4 Å². The molecule has 23 heavy (non-hydrogen) atoms. The van der Waals surface area contributed by atoms with Gasteiger partial charge in [-0.05, 0) is 38.1 Å². The molecule has 2 aromatic rings. The second-order valence-corrected chi connectivity index (χ2v) is 6.10. The minimum atomic E-state index is -0.315. The van der Waals surface area contributed by atoms with Crippen LogP contribution in [0.5, 0.6) is 0 Å². The molecule has 0 aromatic heterocycles. The number of benzene rings is 2. The highest BCUT2D eigenvalue weighted by Gasteiger charge is 2.35. The van der Waals surface area contributed by atoms with Crippen LogP contribution in [-0.4, -0.2) is 18.4 Å². The van der Waals surface area contributed by atoms with Crippen LogP contribution in [0.4, 0.5) is 11.4 Å². The van der Waals surface area contributed by atoms with Crippen LogP contribution in [0.3, 0.4) is 0 Å². The zero-order valence-corrected chi connectivity index (χ0v) is 13.4. The Bertz CT molecular complexity index is 720. The van der Waals surface area contributed by atoms with Gasteiger partial charge in [-0.15, -0.1) is 0 Å². The standard InChI is InChI=1S/C19H20N2O2/c1-13-3-7-16(8-4-13)20-19(23)15-11-18(22)21(12-15)17-9-5-14(2)6-10-17/h3-10,15H,11-12H2,1-2H3,(H,20,23)/t15-/m0/s1. The number of carbonyl (C=O) groups excluding carboxylic acids is 2. The first-order valence-electron chi connectivity index (χ1n) is 7.77. The smallest absolute Gasteiger partial charge is 0.229 e. The molecule has 2 amide bonds. The Balaban J connectivity index is 1.68. The fourth-order valence-corrected chi connectivity index (χ4v) is 2.74. The fraction of sp³-hybridized carbons (Fsp3) is 0.263. The van der Waals surface area contributed by atoms with Gasteiger partial charge in [0.15, 0.2) is 0 Å². The minimum Gasteiger partial charge on any atom is -0.326 e. The van der Waals surface area contributed by atoms with Crippen molar-refractivity contribution in [1.29, 1.82) is 0 Å².